The molecule has 0 saturated carbocycles. The number of aromatic nitrogens is 4. The molecular formula is C9H7FN4O3. The molecule has 2 aromatic rings. The Morgan fingerprint density at radius 2 is 2.24 bits per heavy atom. The van der Waals surface area contributed by atoms with E-state index < -0.39 is 22.9 Å². The second-order valence-electron chi connectivity index (χ2n) is 3.20. The van der Waals surface area contributed by atoms with Crippen molar-refractivity contribution in [1.29, 1.82) is 0 Å². The highest BCUT2D eigenvalue weighted by Crippen LogP contribution is 2.08. The van der Waals surface area contributed by atoms with Crippen molar-refractivity contribution in [3.05, 3.63) is 50.7 Å². The molecule has 0 aliphatic heterocycles. The third-order valence-electron chi connectivity index (χ3n) is 2.06. The lowest BCUT2D eigenvalue weighted by atomic mass is 10.4. The maximum Gasteiger partial charge on any atom is 0.331 e. The Morgan fingerprint density at radius 3 is 2.88 bits per heavy atom. The van der Waals surface area contributed by atoms with Crippen molar-refractivity contribution in [2.24, 2.45) is 0 Å². The second-order valence-corrected chi connectivity index (χ2v) is 3.20. The predicted molar refractivity (Wildman–Crippen MR) is 54.1 cm³/mol. The third-order valence-corrected chi connectivity index (χ3v) is 2.06. The SMILES string of the molecule is O=c1[nH]c(=O)n(Cc2cccnn2)c(O)c1F. The van der Waals surface area contributed by atoms with Crippen LogP contribution >= 0.6 is 0 Å². The molecule has 0 bridgehead atoms. The molecule has 2 rings (SSSR count). The molecule has 0 unspecified atom stereocenters. The second kappa shape index (κ2) is 4.16. The summed E-state index contributed by atoms with van der Waals surface area (Å²) >= 11 is 0. The molecule has 0 aliphatic rings. The highest BCUT2D eigenvalue weighted by Gasteiger charge is 2.14. The van der Waals surface area contributed by atoms with Crippen LogP contribution in [0, 0.1) is 5.82 Å². The minimum absolute atomic E-state index is 0.188. The Hall–Kier alpha value is -2.51. The summed E-state index contributed by atoms with van der Waals surface area (Å²) in [5.41, 5.74) is -1.83. The molecule has 0 fully saturated rings. The zero-order valence-corrected chi connectivity index (χ0v) is 8.42. The van der Waals surface area contributed by atoms with Gasteiger partial charge in [0.2, 0.25) is 11.7 Å². The molecule has 2 aromatic heterocycles. The minimum atomic E-state index is -1.41. The molecule has 0 atom stereocenters. The van der Waals surface area contributed by atoms with Gasteiger partial charge in [-0.05, 0) is 12.1 Å². The number of H-pyrrole nitrogens is 1. The average molecular weight is 238 g/mol. The van der Waals surface area contributed by atoms with Crippen molar-refractivity contribution in [3.63, 3.8) is 0 Å². The van der Waals surface area contributed by atoms with Crippen LogP contribution in [0.3, 0.4) is 0 Å². The molecule has 17 heavy (non-hydrogen) atoms. The van der Waals surface area contributed by atoms with E-state index in [9.17, 15) is 19.1 Å². The maximum atomic E-state index is 13.1. The first-order chi connectivity index (χ1) is 8.09. The number of halogens is 1. The summed E-state index contributed by atoms with van der Waals surface area (Å²) in [4.78, 5) is 23.9. The van der Waals surface area contributed by atoms with Crippen LogP contribution in [0.1, 0.15) is 5.69 Å². The number of aromatic hydroxyl groups is 1. The number of nitrogens with one attached hydrogen (secondary N) is 1. The van der Waals surface area contributed by atoms with Gasteiger partial charge in [-0.2, -0.15) is 14.6 Å². The van der Waals surface area contributed by atoms with Crippen LogP contribution in [-0.4, -0.2) is 24.9 Å². The van der Waals surface area contributed by atoms with Gasteiger partial charge in [-0.25, -0.2) is 4.79 Å². The highest BCUT2D eigenvalue weighted by atomic mass is 19.1. The highest BCUT2D eigenvalue weighted by molar-refractivity contribution is 5.12. The van der Waals surface area contributed by atoms with Gasteiger partial charge >= 0.3 is 5.69 Å². The van der Waals surface area contributed by atoms with Crippen LogP contribution in [0.15, 0.2) is 27.9 Å². The quantitative estimate of drug-likeness (QED) is 0.714. The fourth-order valence-corrected chi connectivity index (χ4v) is 1.26. The molecule has 7 nitrogen and oxygen atoms in total. The molecule has 0 spiro atoms. The monoisotopic (exact) mass is 238 g/mol. The van der Waals surface area contributed by atoms with Gasteiger partial charge in [0.15, 0.2) is 0 Å². The van der Waals surface area contributed by atoms with Gasteiger partial charge in [-0.1, -0.05) is 0 Å². The van der Waals surface area contributed by atoms with Crippen molar-refractivity contribution in [1.82, 2.24) is 19.7 Å². The maximum absolute atomic E-state index is 13.1. The van der Waals surface area contributed by atoms with Crippen molar-refractivity contribution >= 4 is 0 Å². The Labute approximate surface area is 93.2 Å². The molecule has 2 heterocycles. The lowest BCUT2D eigenvalue weighted by molar-refractivity contribution is 0.366. The van der Waals surface area contributed by atoms with E-state index >= 15 is 0 Å². The topological polar surface area (TPSA) is 101 Å². The summed E-state index contributed by atoms with van der Waals surface area (Å²) in [6.45, 7) is -0.188. The van der Waals surface area contributed by atoms with Crippen LogP contribution in [0.5, 0.6) is 5.88 Å². The van der Waals surface area contributed by atoms with Crippen molar-refractivity contribution in [2.45, 2.75) is 6.54 Å². The third kappa shape index (κ3) is 2.05. The van der Waals surface area contributed by atoms with Gasteiger partial charge in [0, 0.05) is 6.20 Å². The number of hydrogen-bond acceptors (Lipinski definition) is 5. The molecule has 2 N–H and O–H groups in total. The van der Waals surface area contributed by atoms with E-state index in [1.165, 1.54) is 6.20 Å². The predicted octanol–water partition coefficient (Wildman–Crippen LogP) is -0.780. The van der Waals surface area contributed by atoms with Gasteiger partial charge in [-0.3, -0.25) is 14.3 Å². The largest absolute Gasteiger partial charge is 0.492 e. The standard InChI is InChI=1S/C9H7FN4O3/c10-6-7(15)12-9(17)14(8(6)16)4-5-2-1-3-11-13-5/h1-3,16H,4H2,(H,12,15,17). The normalized spacial score (nSPS) is 10.4. The smallest absolute Gasteiger partial charge is 0.331 e. The van der Waals surface area contributed by atoms with E-state index in [0.29, 0.717) is 10.3 Å². The van der Waals surface area contributed by atoms with Gasteiger partial charge < -0.3 is 5.11 Å². The first-order valence-corrected chi connectivity index (χ1v) is 4.57. The van der Waals surface area contributed by atoms with E-state index in [-0.39, 0.29) is 6.54 Å². The van der Waals surface area contributed by atoms with Gasteiger partial charge in [0.1, 0.15) is 0 Å². The Morgan fingerprint density at radius 1 is 1.47 bits per heavy atom. The van der Waals surface area contributed by atoms with Crippen molar-refractivity contribution in [2.75, 3.05) is 0 Å². The van der Waals surface area contributed by atoms with E-state index in [0.717, 1.165) is 0 Å². The van der Waals surface area contributed by atoms with Gasteiger partial charge in [0.05, 0.1) is 12.2 Å². The van der Waals surface area contributed by atoms with Crippen LogP contribution in [0.4, 0.5) is 4.39 Å². The van der Waals surface area contributed by atoms with Crippen LogP contribution in [0.25, 0.3) is 0 Å². The Bertz CT molecular complexity index is 650. The molecule has 0 radical (unpaired) electrons. The first-order valence-electron chi connectivity index (χ1n) is 4.57. The number of nitrogens with zero attached hydrogens (tertiary/aromatic N) is 3. The van der Waals surface area contributed by atoms with Gasteiger partial charge in [-0.15, -0.1) is 0 Å². The first kappa shape index (κ1) is 11.0. The van der Waals surface area contributed by atoms with E-state index in [2.05, 4.69) is 10.2 Å². The molecule has 8 heteroatoms. The molecule has 0 aromatic carbocycles. The Balaban J connectivity index is 2.51. The van der Waals surface area contributed by atoms with E-state index in [4.69, 9.17) is 0 Å². The fraction of sp³-hybridized carbons (Fsp3) is 0.111. The molecule has 0 amide bonds. The average Bonchev–Trinajstić information content (AvgIpc) is 2.33. The van der Waals surface area contributed by atoms with Crippen molar-refractivity contribution < 1.29 is 9.50 Å². The fourth-order valence-electron chi connectivity index (χ4n) is 1.26. The van der Waals surface area contributed by atoms with Crippen LogP contribution in [0.2, 0.25) is 0 Å². The molecule has 0 saturated heterocycles. The molecule has 0 aliphatic carbocycles. The zero-order chi connectivity index (χ0) is 12.4. The van der Waals surface area contributed by atoms with E-state index in [1.807, 2.05) is 0 Å². The minimum Gasteiger partial charge on any atom is -0.492 e. The number of hydrogen-bond donors (Lipinski definition) is 2. The Kier molecular flexibility index (Phi) is 2.69. The van der Waals surface area contributed by atoms with Crippen molar-refractivity contribution in [3.8, 4) is 5.88 Å². The summed E-state index contributed by atoms with van der Waals surface area (Å²) in [6.07, 6.45) is 1.43. The van der Waals surface area contributed by atoms with E-state index in [1.54, 1.807) is 17.1 Å². The van der Waals surface area contributed by atoms with Crippen LogP contribution < -0.4 is 11.2 Å². The number of aromatic amines is 1. The molecular weight excluding hydrogens is 231 g/mol. The lowest BCUT2D eigenvalue weighted by Gasteiger charge is -2.06. The zero-order valence-electron chi connectivity index (χ0n) is 8.42. The summed E-state index contributed by atoms with van der Waals surface area (Å²) in [5, 5.41) is 16.6. The lowest BCUT2D eigenvalue weighted by Crippen LogP contribution is -2.32. The molecule has 88 valence electrons. The van der Waals surface area contributed by atoms with Gasteiger partial charge in [0.25, 0.3) is 5.56 Å². The summed E-state index contributed by atoms with van der Waals surface area (Å²) in [5.74, 6) is -2.43. The van der Waals surface area contributed by atoms with Crippen LogP contribution in [-0.2, 0) is 6.54 Å². The summed E-state index contributed by atoms with van der Waals surface area (Å²) in [7, 11) is 0. The summed E-state index contributed by atoms with van der Waals surface area (Å²) in [6, 6.07) is 3.12. The summed E-state index contributed by atoms with van der Waals surface area (Å²) < 4.78 is 13.7. The number of rotatable bonds is 2.